The third-order valence-electron chi connectivity index (χ3n) is 8.45. The van der Waals surface area contributed by atoms with Gasteiger partial charge in [0, 0.05) is 49.8 Å². The summed E-state index contributed by atoms with van der Waals surface area (Å²) in [7, 11) is 0. The van der Waals surface area contributed by atoms with E-state index in [1.807, 2.05) is 60.7 Å². The van der Waals surface area contributed by atoms with Crippen LogP contribution in [-0.4, -0.2) is 9.13 Å². The van der Waals surface area contributed by atoms with Crippen molar-refractivity contribution in [1.82, 2.24) is 9.13 Å². The quantitative estimate of drug-likeness (QED) is 0.202. The fourth-order valence-corrected chi connectivity index (χ4v) is 6.45. The summed E-state index contributed by atoms with van der Waals surface area (Å²) in [5.41, 5.74) is 3.55. The van der Waals surface area contributed by atoms with Crippen molar-refractivity contribution in [2.24, 2.45) is 0 Å². The second kappa shape index (κ2) is 9.22. The lowest BCUT2D eigenvalue weighted by atomic mass is 10.0. The Kier molecular flexibility index (Phi) is 3.20. The minimum atomic E-state index is -0.649. The summed E-state index contributed by atoms with van der Waals surface area (Å²) in [6.07, 6.45) is 0. The van der Waals surface area contributed by atoms with Crippen LogP contribution < -0.4 is 0 Å². The topological polar surface area (TPSA) is 23.0 Å². The Morgan fingerprint density at radius 1 is 0.400 bits per heavy atom. The first-order valence-corrected chi connectivity index (χ1v) is 14.4. The van der Waals surface area contributed by atoms with E-state index in [0.29, 0.717) is 5.56 Å². The van der Waals surface area contributed by atoms with E-state index >= 15 is 0 Å². The molecule has 45 heavy (non-hydrogen) atoms. The molecular weight excluding hydrogens is 548 g/mol. The molecule has 0 atom stereocenters. The van der Waals surface area contributed by atoms with Gasteiger partial charge in [-0.3, -0.25) is 0 Å². The Morgan fingerprint density at radius 2 is 1.04 bits per heavy atom. The fraction of sp³-hybridized carbons (Fsp3) is 0. The molecule has 0 aliphatic carbocycles. The second-order valence-corrected chi connectivity index (χ2v) is 10.9. The summed E-state index contributed by atoms with van der Waals surface area (Å²) in [5, 5.41) is 3.66. The predicted octanol–water partition coefficient (Wildman–Crippen LogP) is 11.4. The maximum absolute atomic E-state index is 9.22. The van der Waals surface area contributed by atoms with Crippen LogP contribution in [0.1, 0.15) is 16.4 Å². The summed E-state index contributed by atoms with van der Waals surface area (Å²) in [4.78, 5) is 0. The first kappa shape index (κ1) is 15.6. The van der Waals surface area contributed by atoms with Gasteiger partial charge in [-0.25, -0.2) is 0 Å². The number of rotatable bonds is 3. The molecule has 0 bridgehead atoms. The number of nitrogens with zero attached hydrogens (tertiary/aromatic N) is 2. The van der Waals surface area contributed by atoms with E-state index in [0.717, 1.165) is 54.0 Å². The molecule has 7 aromatic carbocycles. The fourth-order valence-electron chi connectivity index (χ4n) is 6.45. The van der Waals surface area contributed by atoms with E-state index in [2.05, 4.69) is 16.7 Å². The summed E-state index contributed by atoms with van der Waals surface area (Å²) >= 11 is 0. The van der Waals surface area contributed by atoms with Crippen molar-refractivity contribution in [2.75, 3.05) is 0 Å². The van der Waals surface area contributed by atoms with Crippen molar-refractivity contribution in [1.29, 1.82) is 0 Å². The van der Waals surface area contributed by atoms with Crippen molar-refractivity contribution >= 4 is 65.6 Å². The van der Waals surface area contributed by atoms with Crippen LogP contribution in [0.3, 0.4) is 0 Å². The molecule has 0 saturated heterocycles. The van der Waals surface area contributed by atoms with Crippen LogP contribution in [0.25, 0.3) is 88.1 Å². The zero-order chi connectivity index (χ0) is 39.9. The van der Waals surface area contributed by atoms with Crippen LogP contribution in [0.4, 0.5) is 0 Å². The molecule has 0 aliphatic rings. The van der Waals surface area contributed by atoms with Gasteiger partial charge in [-0.15, -0.1) is 0 Å². The van der Waals surface area contributed by atoms with Crippen LogP contribution >= 0.6 is 0 Å². The molecule has 0 unspecified atom stereocenters. The Balaban J connectivity index is 1.18. The van der Waals surface area contributed by atoms with Gasteiger partial charge >= 0.3 is 0 Å². The average Bonchev–Trinajstić information content (AvgIpc) is 3.87. The maximum Gasteiger partial charge on any atom is 0.137 e. The highest BCUT2D eigenvalue weighted by molar-refractivity contribution is 6.17. The molecule has 10 rings (SSSR count). The smallest absolute Gasteiger partial charge is 0.137 e. The Bertz CT molecular complexity index is 3330. The highest BCUT2D eigenvalue weighted by Gasteiger charge is 2.16. The van der Waals surface area contributed by atoms with E-state index < -0.39 is 78.2 Å². The highest BCUT2D eigenvalue weighted by atomic mass is 16.3. The van der Waals surface area contributed by atoms with Crippen LogP contribution in [0.5, 0.6) is 0 Å². The molecule has 0 aliphatic heterocycles. The van der Waals surface area contributed by atoms with Gasteiger partial charge in [0.25, 0.3) is 0 Å². The molecule has 0 amide bonds. The molecule has 0 radical (unpaired) electrons. The van der Waals surface area contributed by atoms with Gasteiger partial charge in [0.15, 0.2) is 0 Å². The second-order valence-electron chi connectivity index (χ2n) is 10.9. The monoisotopic (exact) mass is 586 g/mol. The molecule has 3 heterocycles. The van der Waals surface area contributed by atoms with E-state index in [1.54, 1.807) is 12.1 Å². The molecule has 10 aromatic rings. The third-order valence-corrected chi connectivity index (χ3v) is 8.45. The molecular formula is C42H26N2O. The minimum Gasteiger partial charge on any atom is -0.456 e. The first-order valence-electron chi connectivity index (χ1n) is 20.4. The lowest BCUT2D eigenvalue weighted by molar-refractivity contribution is 0.669. The number of aromatic nitrogens is 2. The van der Waals surface area contributed by atoms with Gasteiger partial charge in [0.2, 0.25) is 0 Å². The zero-order valence-electron chi connectivity index (χ0n) is 35.4. The molecule has 0 fully saturated rings. The van der Waals surface area contributed by atoms with Crippen molar-refractivity contribution < 1.29 is 20.9 Å². The molecule has 3 aromatic heterocycles. The molecule has 0 saturated carbocycles. The molecule has 210 valence electrons. The van der Waals surface area contributed by atoms with Gasteiger partial charge in [-0.1, -0.05) is 96.9 Å². The summed E-state index contributed by atoms with van der Waals surface area (Å²) < 4.78 is 115. The lowest BCUT2D eigenvalue weighted by Crippen LogP contribution is -1.94. The Labute approximate surface area is 275 Å². The molecule has 3 nitrogen and oxygen atoms in total. The van der Waals surface area contributed by atoms with Crippen LogP contribution in [0.2, 0.25) is 0 Å². The van der Waals surface area contributed by atoms with E-state index in [9.17, 15) is 5.48 Å². The first-order chi connectivity index (χ1) is 27.3. The summed E-state index contributed by atoms with van der Waals surface area (Å²) in [6.45, 7) is 0. The Hall–Kier alpha value is -6.06. The number of furan rings is 1. The standard InChI is InChI=1S/C42H26N2O/c1-5-13-37-31(9-1)32-10-2-6-14-38(32)43(37)29-21-17-27(18-22-29)28-19-23-30(24-20-28)44-39-15-7-3-11-33(39)35-25-36-34-12-4-8-16-41(34)45-42(36)26-40(35)44/h1-26H/i1D,2D,5D,6D,9D,10D,13D,14D,17D,18D,21D,22D. The van der Waals surface area contributed by atoms with E-state index in [-0.39, 0.29) is 27.4 Å². The third kappa shape index (κ3) is 3.52. The highest BCUT2D eigenvalue weighted by Crippen LogP contribution is 2.39. The maximum atomic E-state index is 9.22. The minimum absolute atomic E-state index is 0.0175. The predicted molar refractivity (Wildman–Crippen MR) is 188 cm³/mol. The number of hydrogen-bond donors (Lipinski definition) is 0. The normalized spacial score (nSPS) is 15.7. The number of fused-ring (bicyclic) bond motifs is 9. The van der Waals surface area contributed by atoms with Crippen LogP contribution in [0.15, 0.2) is 162 Å². The average molecular weight is 587 g/mol. The molecule has 0 spiro atoms. The number of benzene rings is 7. The Morgan fingerprint density at radius 3 is 1.80 bits per heavy atom. The van der Waals surface area contributed by atoms with Gasteiger partial charge in [0.05, 0.1) is 38.5 Å². The number of para-hydroxylation sites is 4. The molecule has 3 heteroatoms. The SMILES string of the molecule is [2H]c1c([2H])c(-n2c3c([2H])c([2H])c([2H])c([2H])c3c3c([2H])c([2H])c([2H])c([2H])c32)c([2H])c([2H])c1-c1ccc(-n2c3ccccc3c3cc4c(cc32)oc2ccccc24)cc1. The summed E-state index contributed by atoms with van der Waals surface area (Å²) in [5.74, 6) is 0. The van der Waals surface area contributed by atoms with E-state index in [4.69, 9.17) is 15.4 Å². The van der Waals surface area contributed by atoms with Crippen LogP contribution in [-0.2, 0) is 0 Å². The van der Waals surface area contributed by atoms with Crippen LogP contribution in [0, 0.1) is 0 Å². The van der Waals surface area contributed by atoms with Crippen molar-refractivity contribution in [3.05, 3.63) is 157 Å². The van der Waals surface area contributed by atoms with Gasteiger partial charge < -0.3 is 13.6 Å². The van der Waals surface area contributed by atoms with Gasteiger partial charge in [-0.05, 0) is 65.6 Å². The largest absolute Gasteiger partial charge is 0.456 e. The van der Waals surface area contributed by atoms with Gasteiger partial charge in [0.1, 0.15) is 11.2 Å². The zero-order valence-corrected chi connectivity index (χ0v) is 23.4. The van der Waals surface area contributed by atoms with Gasteiger partial charge in [-0.2, -0.15) is 0 Å². The van der Waals surface area contributed by atoms with Crippen molar-refractivity contribution in [3.8, 4) is 22.5 Å². The van der Waals surface area contributed by atoms with Crippen molar-refractivity contribution in [2.45, 2.75) is 0 Å². The summed E-state index contributed by atoms with van der Waals surface area (Å²) in [6, 6.07) is 20.3. The number of hydrogen-bond acceptors (Lipinski definition) is 1. The lowest BCUT2D eigenvalue weighted by Gasteiger charge is -2.11. The van der Waals surface area contributed by atoms with E-state index in [1.165, 1.54) is 0 Å². The van der Waals surface area contributed by atoms with Crippen molar-refractivity contribution in [3.63, 3.8) is 0 Å². The molecule has 0 N–H and O–H groups in total.